The van der Waals surface area contributed by atoms with Gasteiger partial charge < -0.3 is 0 Å². The summed E-state index contributed by atoms with van der Waals surface area (Å²) in [4.78, 5) is 9.91. The molecule has 22 heavy (non-hydrogen) atoms. The smallest absolute Gasteiger partial charge is 0.271 e. The first-order chi connectivity index (χ1) is 10.3. The number of nitro benzene ring substituents is 1. The summed E-state index contributed by atoms with van der Waals surface area (Å²) in [5, 5.41) is 10.9. The summed E-state index contributed by atoms with van der Waals surface area (Å²) in [5.41, 5.74) is -0.569. The lowest BCUT2D eigenvalue weighted by Crippen LogP contribution is -2.16. The van der Waals surface area contributed by atoms with Gasteiger partial charge in [-0.2, -0.15) is 0 Å². The molecule has 2 aromatic carbocycles. The van der Waals surface area contributed by atoms with E-state index in [1.807, 2.05) is 4.72 Å². The summed E-state index contributed by atoms with van der Waals surface area (Å²) in [6, 6.07) is 8.90. The van der Waals surface area contributed by atoms with E-state index in [2.05, 4.69) is 0 Å². The average molecular weight is 345 g/mol. The topological polar surface area (TPSA) is 89.3 Å². The second-order valence-corrected chi connectivity index (χ2v) is 6.50. The van der Waals surface area contributed by atoms with Crippen LogP contribution in [0.4, 0.5) is 15.8 Å². The number of benzene rings is 2. The van der Waals surface area contributed by atoms with Crippen molar-refractivity contribution in [3.05, 3.63) is 69.0 Å². The Morgan fingerprint density at radius 3 is 2.55 bits per heavy atom. The van der Waals surface area contributed by atoms with Crippen LogP contribution in [0, 0.1) is 15.9 Å². The van der Waals surface area contributed by atoms with Gasteiger partial charge in [0, 0.05) is 17.2 Å². The highest BCUT2D eigenvalue weighted by Crippen LogP contribution is 2.24. The van der Waals surface area contributed by atoms with Gasteiger partial charge >= 0.3 is 0 Å². The minimum absolute atomic E-state index is 0.257. The first kappa shape index (κ1) is 16.2. The van der Waals surface area contributed by atoms with E-state index in [9.17, 15) is 22.9 Å². The van der Waals surface area contributed by atoms with Crippen LogP contribution in [0.5, 0.6) is 0 Å². The minimum Gasteiger partial charge on any atom is -0.280 e. The molecule has 116 valence electrons. The number of hydrogen-bond acceptors (Lipinski definition) is 4. The van der Waals surface area contributed by atoms with Gasteiger partial charge in [0.05, 0.1) is 16.4 Å². The lowest BCUT2D eigenvalue weighted by atomic mass is 10.2. The fraction of sp³-hybridized carbons (Fsp3) is 0.0769. The average Bonchev–Trinajstić information content (AvgIpc) is 2.43. The largest absolute Gasteiger partial charge is 0.280 e. The highest BCUT2D eigenvalue weighted by Gasteiger charge is 2.18. The van der Waals surface area contributed by atoms with E-state index in [1.54, 1.807) is 12.1 Å². The molecular weight excluding hydrogens is 335 g/mol. The number of nitrogens with one attached hydrogen (secondary N) is 1. The molecule has 0 aliphatic rings. The molecule has 0 saturated heterocycles. The van der Waals surface area contributed by atoms with Crippen molar-refractivity contribution in [2.75, 3.05) is 4.72 Å². The molecular formula is C13H10ClFN2O4S. The van der Waals surface area contributed by atoms with Crippen LogP contribution in [0.2, 0.25) is 5.02 Å². The van der Waals surface area contributed by atoms with Gasteiger partial charge in [0.15, 0.2) is 0 Å². The van der Waals surface area contributed by atoms with Crippen molar-refractivity contribution in [2.24, 2.45) is 0 Å². The minimum atomic E-state index is -3.97. The van der Waals surface area contributed by atoms with Gasteiger partial charge in [-0.15, -0.1) is 0 Å². The van der Waals surface area contributed by atoms with Crippen LogP contribution in [0.3, 0.4) is 0 Å². The van der Waals surface area contributed by atoms with Crippen LogP contribution >= 0.6 is 11.6 Å². The highest BCUT2D eigenvalue weighted by molar-refractivity contribution is 7.91. The lowest BCUT2D eigenvalue weighted by Gasteiger charge is -2.09. The van der Waals surface area contributed by atoms with Crippen LogP contribution < -0.4 is 4.72 Å². The van der Waals surface area contributed by atoms with Crippen molar-refractivity contribution in [2.45, 2.75) is 5.75 Å². The standard InChI is InChI=1S/C13H10ClFN2O4S/c14-11-4-2-1-3-9(11)8-22(20,21)16-13-7-10(17(18)19)5-6-12(13)15/h1-7,16H,8H2. The van der Waals surface area contributed by atoms with Crippen LogP contribution in [-0.2, 0) is 15.8 Å². The molecule has 0 aliphatic heterocycles. The van der Waals surface area contributed by atoms with Gasteiger partial charge in [-0.25, -0.2) is 12.8 Å². The Hall–Kier alpha value is -2.19. The van der Waals surface area contributed by atoms with Gasteiger partial charge in [0.25, 0.3) is 5.69 Å². The SMILES string of the molecule is O=[N+]([O-])c1ccc(F)c(NS(=O)(=O)Cc2ccccc2Cl)c1. The predicted molar refractivity (Wildman–Crippen MR) is 80.8 cm³/mol. The number of hydrogen-bond donors (Lipinski definition) is 1. The van der Waals surface area contributed by atoms with Crippen LogP contribution in [-0.4, -0.2) is 13.3 Å². The molecule has 0 spiro atoms. The fourth-order valence-electron chi connectivity index (χ4n) is 1.73. The molecule has 0 aliphatic carbocycles. The number of non-ortho nitro benzene ring substituents is 1. The van der Waals surface area contributed by atoms with Crippen LogP contribution in [0.25, 0.3) is 0 Å². The summed E-state index contributed by atoms with van der Waals surface area (Å²) >= 11 is 5.88. The Kier molecular flexibility index (Phi) is 4.62. The van der Waals surface area contributed by atoms with Gasteiger partial charge in [-0.3, -0.25) is 14.8 Å². The van der Waals surface area contributed by atoms with Crippen molar-refractivity contribution in [3.8, 4) is 0 Å². The fourth-order valence-corrected chi connectivity index (χ4v) is 3.24. The molecule has 1 N–H and O–H groups in total. The Morgan fingerprint density at radius 2 is 1.91 bits per heavy atom. The second kappa shape index (κ2) is 6.29. The zero-order valence-corrected chi connectivity index (χ0v) is 12.6. The van der Waals surface area contributed by atoms with E-state index in [-0.39, 0.29) is 5.02 Å². The molecule has 9 heteroatoms. The molecule has 0 atom stereocenters. The molecule has 0 amide bonds. The third-order valence-electron chi connectivity index (χ3n) is 2.73. The van der Waals surface area contributed by atoms with Gasteiger partial charge in [0.1, 0.15) is 5.82 Å². The van der Waals surface area contributed by atoms with E-state index in [4.69, 9.17) is 11.6 Å². The first-order valence-electron chi connectivity index (χ1n) is 5.96. The molecule has 6 nitrogen and oxygen atoms in total. The van der Waals surface area contributed by atoms with Crippen LogP contribution in [0.1, 0.15) is 5.56 Å². The molecule has 0 fully saturated rings. The third-order valence-corrected chi connectivity index (χ3v) is 4.32. The number of nitro groups is 1. The quantitative estimate of drug-likeness (QED) is 0.665. The summed E-state index contributed by atoms with van der Waals surface area (Å²) < 4.78 is 39.7. The Balaban J connectivity index is 2.27. The normalized spacial score (nSPS) is 11.2. The lowest BCUT2D eigenvalue weighted by molar-refractivity contribution is -0.384. The summed E-state index contributed by atoms with van der Waals surface area (Å²) in [6.45, 7) is 0. The van der Waals surface area contributed by atoms with Gasteiger partial charge in [-0.1, -0.05) is 29.8 Å². The molecule has 0 radical (unpaired) electrons. The van der Waals surface area contributed by atoms with E-state index in [1.165, 1.54) is 12.1 Å². The zero-order chi connectivity index (χ0) is 16.3. The monoisotopic (exact) mass is 344 g/mol. The second-order valence-electron chi connectivity index (χ2n) is 4.37. The van der Waals surface area contributed by atoms with Crippen molar-refractivity contribution in [1.29, 1.82) is 0 Å². The van der Waals surface area contributed by atoms with Crippen molar-refractivity contribution in [1.82, 2.24) is 0 Å². The van der Waals surface area contributed by atoms with E-state index < -0.39 is 37.9 Å². The number of halogens is 2. The third kappa shape index (κ3) is 3.92. The van der Waals surface area contributed by atoms with Crippen molar-refractivity contribution < 1.29 is 17.7 Å². The summed E-state index contributed by atoms with van der Waals surface area (Å²) in [6.07, 6.45) is 0. The molecule has 0 unspecified atom stereocenters. The number of anilines is 1. The molecule has 0 bridgehead atoms. The van der Waals surface area contributed by atoms with Crippen LogP contribution in [0.15, 0.2) is 42.5 Å². The predicted octanol–water partition coefficient (Wildman–Crippen LogP) is 3.33. The Morgan fingerprint density at radius 1 is 1.23 bits per heavy atom. The van der Waals surface area contributed by atoms with E-state index in [0.717, 1.165) is 18.2 Å². The maximum atomic E-state index is 13.6. The van der Waals surface area contributed by atoms with Gasteiger partial charge in [-0.05, 0) is 17.7 Å². The van der Waals surface area contributed by atoms with Crippen molar-refractivity contribution in [3.63, 3.8) is 0 Å². The summed E-state index contributed by atoms with van der Waals surface area (Å²) in [7, 11) is -3.97. The molecule has 2 aromatic rings. The highest BCUT2D eigenvalue weighted by atomic mass is 35.5. The number of sulfonamides is 1. The maximum Gasteiger partial charge on any atom is 0.271 e. The number of rotatable bonds is 5. The van der Waals surface area contributed by atoms with E-state index >= 15 is 0 Å². The van der Waals surface area contributed by atoms with Crippen molar-refractivity contribution >= 4 is 33.0 Å². The Labute approximate surface area is 130 Å². The molecule has 2 rings (SSSR count). The Bertz CT molecular complexity index is 827. The van der Waals surface area contributed by atoms with E-state index in [0.29, 0.717) is 5.56 Å². The van der Waals surface area contributed by atoms with Gasteiger partial charge in [0.2, 0.25) is 10.0 Å². The maximum absolute atomic E-state index is 13.6. The number of nitrogens with zero attached hydrogens (tertiary/aromatic N) is 1. The molecule has 0 heterocycles. The first-order valence-corrected chi connectivity index (χ1v) is 7.99. The summed E-state index contributed by atoms with van der Waals surface area (Å²) in [5.74, 6) is -1.39. The molecule has 0 aromatic heterocycles. The zero-order valence-electron chi connectivity index (χ0n) is 11.0. The molecule has 0 saturated carbocycles.